The quantitative estimate of drug-likeness (QED) is 0.284. The van der Waals surface area contributed by atoms with Crippen molar-refractivity contribution in [1.82, 2.24) is 20.4 Å². The Kier molecular flexibility index (Phi) is 13.5. The van der Waals surface area contributed by atoms with Gasteiger partial charge in [-0.05, 0) is 39.3 Å². The van der Waals surface area contributed by atoms with Crippen molar-refractivity contribution in [3.63, 3.8) is 0 Å². The number of halogens is 1. The second-order valence-corrected chi connectivity index (χ2v) is 7.72. The summed E-state index contributed by atoms with van der Waals surface area (Å²) in [6.07, 6.45) is 2.30. The van der Waals surface area contributed by atoms with Gasteiger partial charge in [-0.3, -0.25) is 9.89 Å². The predicted octanol–water partition coefficient (Wildman–Crippen LogP) is 2.79. The Balaban J connectivity index is 0.00000420. The fourth-order valence-corrected chi connectivity index (χ4v) is 3.42. The van der Waals surface area contributed by atoms with E-state index in [0.717, 1.165) is 64.7 Å². The van der Waals surface area contributed by atoms with Crippen molar-refractivity contribution in [2.45, 2.75) is 45.3 Å². The normalized spacial score (nSPS) is 17.1. The molecule has 1 aliphatic heterocycles. The Bertz CT molecular complexity index is 564. The number of benzene rings is 1. The lowest BCUT2D eigenvalue weighted by atomic mass is 10.1. The zero-order chi connectivity index (χ0) is 20.2. The average molecular weight is 518 g/mol. The van der Waals surface area contributed by atoms with Crippen molar-refractivity contribution < 1.29 is 4.74 Å². The van der Waals surface area contributed by atoms with Gasteiger partial charge in [0, 0.05) is 51.9 Å². The maximum absolute atomic E-state index is 5.19. The van der Waals surface area contributed by atoms with E-state index in [4.69, 9.17) is 9.73 Å². The SMILES string of the molecule is CCNC(=NCC(C)N(C)Cc1ccccc1)NC1CCN(CCOC)CC1.I. The van der Waals surface area contributed by atoms with E-state index >= 15 is 0 Å². The third-order valence-corrected chi connectivity index (χ3v) is 5.43. The Labute approximate surface area is 194 Å². The minimum absolute atomic E-state index is 0. The van der Waals surface area contributed by atoms with E-state index in [-0.39, 0.29) is 24.0 Å². The standard InChI is InChI=1S/C22H39N5O.HI/c1-5-23-22(25-21-11-13-27(14-12-21)15-16-28-4)24-17-19(2)26(3)18-20-9-7-6-8-10-20;/h6-10,19,21H,5,11-18H2,1-4H3,(H2,23,24,25);1H. The van der Waals surface area contributed by atoms with Crippen LogP contribution in [-0.4, -0.2) is 81.3 Å². The number of likely N-dealkylation sites (tertiary alicyclic amines) is 1. The van der Waals surface area contributed by atoms with E-state index < -0.39 is 0 Å². The molecule has 0 aromatic heterocycles. The Morgan fingerprint density at radius 1 is 1.28 bits per heavy atom. The first kappa shape index (κ1) is 26.1. The first-order valence-electron chi connectivity index (χ1n) is 10.6. The van der Waals surface area contributed by atoms with Crippen LogP contribution in [-0.2, 0) is 11.3 Å². The largest absolute Gasteiger partial charge is 0.383 e. The molecule has 1 heterocycles. The number of piperidine rings is 1. The summed E-state index contributed by atoms with van der Waals surface area (Å²) >= 11 is 0. The molecule has 0 radical (unpaired) electrons. The van der Waals surface area contributed by atoms with Gasteiger partial charge in [0.2, 0.25) is 0 Å². The molecule has 1 atom stereocenters. The Morgan fingerprint density at radius 2 is 1.97 bits per heavy atom. The van der Waals surface area contributed by atoms with E-state index in [2.05, 4.69) is 71.7 Å². The molecule has 7 heteroatoms. The van der Waals surface area contributed by atoms with Gasteiger partial charge in [0.25, 0.3) is 0 Å². The number of nitrogens with zero attached hydrogens (tertiary/aromatic N) is 3. The molecule has 6 nitrogen and oxygen atoms in total. The van der Waals surface area contributed by atoms with Crippen molar-refractivity contribution in [1.29, 1.82) is 0 Å². The summed E-state index contributed by atoms with van der Waals surface area (Å²) in [5, 5.41) is 7.05. The lowest BCUT2D eigenvalue weighted by Crippen LogP contribution is -2.49. The Morgan fingerprint density at radius 3 is 2.59 bits per heavy atom. The highest BCUT2D eigenvalue weighted by molar-refractivity contribution is 14.0. The zero-order valence-corrected chi connectivity index (χ0v) is 20.9. The van der Waals surface area contributed by atoms with Gasteiger partial charge in [-0.1, -0.05) is 30.3 Å². The van der Waals surface area contributed by atoms with Crippen LogP contribution in [0, 0.1) is 0 Å². The average Bonchev–Trinajstić information content (AvgIpc) is 2.72. The van der Waals surface area contributed by atoms with Crippen molar-refractivity contribution in [2.75, 3.05) is 53.5 Å². The third-order valence-electron chi connectivity index (χ3n) is 5.43. The van der Waals surface area contributed by atoms with Crippen LogP contribution in [0.25, 0.3) is 0 Å². The number of hydrogen-bond acceptors (Lipinski definition) is 4. The van der Waals surface area contributed by atoms with Crippen LogP contribution in [0.15, 0.2) is 35.3 Å². The summed E-state index contributed by atoms with van der Waals surface area (Å²) in [6, 6.07) is 11.5. The topological polar surface area (TPSA) is 52.1 Å². The summed E-state index contributed by atoms with van der Waals surface area (Å²) in [7, 11) is 3.94. The molecule has 166 valence electrons. The van der Waals surface area contributed by atoms with E-state index in [0.29, 0.717) is 12.1 Å². The molecule has 0 saturated carbocycles. The maximum atomic E-state index is 5.19. The molecule has 2 N–H and O–H groups in total. The number of hydrogen-bond donors (Lipinski definition) is 2. The number of methoxy groups -OCH3 is 1. The van der Waals surface area contributed by atoms with Gasteiger partial charge in [-0.15, -0.1) is 24.0 Å². The first-order valence-corrected chi connectivity index (χ1v) is 10.6. The summed E-state index contributed by atoms with van der Waals surface area (Å²) < 4.78 is 5.19. The molecule has 29 heavy (non-hydrogen) atoms. The molecule has 1 aromatic rings. The van der Waals surface area contributed by atoms with Gasteiger partial charge in [-0.25, -0.2) is 0 Å². The number of nitrogens with one attached hydrogen (secondary N) is 2. The molecule has 1 unspecified atom stereocenters. The van der Waals surface area contributed by atoms with Crippen LogP contribution in [0.5, 0.6) is 0 Å². The Hall–Kier alpha value is -0.900. The van der Waals surface area contributed by atoms with Gasteiger partial charge in [0.1, 0.15) is 0 Å². The van der Waals surface area contributed by atoms with Crippen LogP contribution in [0.1, 0.15) is 32.3 Å². The van der Waals surface area contributed by atoms with Gasteiger partial charge < -0.3 is 20.3 Å². The molecule has 1 aromatic carbocycles. The highest BCUT2D eigenvalue weighted by Gasteiger charge is 2.19. The van der Waals surface area contributed by atoms with Crippen molar-refractivity contribution in [3.05, 3.63) is 35.9 Å². The molecule has 1 saturated heterocycles. The minimum Gasteiger partial charge on any atom is -0.383 e. The van der Waals surface area contributed by atoms with Crippen molar-refractivity contribution in [3.8, 4) is 0 Å². The highest BCUT2D eigenvalue weighted by Crippen LogP contribution is 2.10. The second-order valence-electron chi connectivity index (χ2n) is 7.72. The fourth-order valence-electron chi connectivity index (χ4n) is 3.42. The second kappa shape index (κ2) is 15.0. The number of likely N-dealkylation sites (N-methyl/N-ethyl adjacent to an activating group) is 1. The summed E-state index contributed by atoms with van der Waals surface area (Å²) in [4.78, 5) is 9.69. The molecule has 0 bridgehead atoms. The van der Waals surface area contributed by atoms with E-state index in [1.807, 2.05) is 0 Å². The summed E-state index contributed by atoms with van der Waals surface area (Å²) in [5.41, 5.74) is 1.34. The number of aliphatic imine (C=N–C) groups is 1. The molecule has 2 rings (SSSR count). The molecule has 0 amide bonds. The predicted molar refractivity (Wildman–Crippen MR) is 133 cm³/mol. The summed E-state index contributed by atoms with van der Waals surface area (Å²) in [5.74, 6) is 0.942. The molecular formula is C22H40IN5O. The van der Waals surface area contributed by atoms with Gasteiger partial charge >= 0.3 is 0 Å². The molecular weight excluding hydrogens is 477 g/mol. The van der Waals surface area contributed by atoms with E-state index in [9.17, 15) is 0 Å². The van der Waals surface area contributed by atoms with Crippen LogP contribution in [0.4, 0.5) is 0 Å². The summed E-state index contributed by atoms with van der Waals surface area (Å²) in [6.45, 7) is 11.1. The zero-order valence-electron chi connectivity index (χ0n) is 18.6. The van der Waals surface area contributed by atoms with Crippen LogP contribution in [0.2, 0.25) is 0 Å². The smallest absolute Gasteiger partial charge is 0.191 e. The molecule has 1 aliphatic rings. The minimum atomic E-state index is 0. The molecule has 0 aliphatic carbocycles. The van der Waals surface area contributed by atoms with Crippen LogP contribution in [0.3, 0.4) is 0 Å². The highest BCUT2D eigenvalue weighted by atomic mass is 127. The third kappa shape index (κ3) is 10.1. The van der Waals surface area contributed by atoms with Crippen molar-refractivity contribution >= 4 is 29.9 Å². The lowest BCUT2D eigenvalue weighted by molar-refractivity contribution is 0.128. The lowest BCUT2D eigenvalue weighted by Gasteiger charge is -2.33. The van der Waals surface area contributed by atoms with Gasteiger partial charge in [-0.2, -0.15) is 0 Å². The monoisotopic (exact) mass is 517 g/mol. The van der Waals surface area contributed by atoms with Gasteiger partial charge in [0.15, 0.2) is 5.96 Å². The molecule has 0 spiro atoms. The number of ether oxygens (including phenoxy) is 1. The molecule has 1 fully saturated rings. The van der Waals surface area contributed by atoms with Crippen LogP contribution < -0.4 is 10.6 Å². The van der Waals surface area contributed by atoms with Gasteiger partial charge in [0.05, 0.1) is 13.2 Å². The van der Waals surface area contributed by atoms with E-state index in [1.165, 1.54) is 5.56 Å². The number of guanidine groups is 1. The van der Waals surface area contributed by atoms with Crippen molar-refractivity contribution in [2.24, 2.45) is 4.99 Å². The van der Waals surface area contributed by atoms with Crippen LogP contribution >= 0.6 is 24.0 Å². The fraction of sp³-hybridized carbons (Fsp3) is 0.682. The maximum Gasteiger partial charge on any atom is 0.191 e. The number of rotatable bonds is 10. The first-order chi connectivity index (χ1) is 13.6. The van der Waals surface area contributed by atoms with E-state index in [1.54, 1.807) is 7.11 Å².